The Morgan fingerprint density at radius 3 is 2.90 bits per heavy atom. The minimum Gasteiger partial charge on any atom is -0.250 e. The Balaban J connectivity index is 2.87. The van der Waals surface area contributed by atoms with E-state index in [1.54, 1.807) is 11.3 Å². The van der Waals surface area contributed by atoms with Gasteiger partial charge in [0.2, 0.25) is 0 Å². The van der Waals surface area contributed by atoms with E-state index in [0.29, 0.717) is 0 Å². The first-order valence-corrected chi connectivity index (χ1v) is 3.94. The average molecular weight is 151 g/mol. The quantitative estimate of drug-likeness (QED) is 0.561. The maximum atomic E-state index is 5.24. The number of aryl methyl sites for hydroxylation is 1. The Kier molecular flexibility index (Phi) is 2.08. The third kappa shape index (κ3) is 1.37. The molecule has 0 unspecified atom stereocenters. The molecule has 2 heteroatoms. The summed E-state index contributed by atoms with van der Waals surface area (Å²) in [7, 11) is 0. The van der Waals surface area contributed by atoms with Gasteiger partial charge in [0.05, 0.1) is 10.9 Å². The second kappa shape index (κ2) is 2.85. The van der Waals surface area contributed by atoms with Crippen LogP contribution in [0, 0.1) is 19.3 Å². The van der Waals surface area contributed by atoms with E-state index in [-0.39, 0.29) is 5.92 Å². The molecule has 0 aromatic carbocycles. The molecular formula is C8H9NS. The number of hydrogen-bond donors (Lipinski definition) is 0. The van der Waals surface area contributed by atoms with Gasteiger partial charge in [-0.1, -0.05) is 5.92 Å². The lowest BCUT2D eigenvalue weighted by Gasteiger charge is -1.94. The molecule has 0 radical (unpaired) electrons. The van der Waals surface area contributed by atoms with Gasteiger partial charge in [-0.15, -0.1) is 17.8 Å². The van der Waals surface area contributed by atoms with E-state index in [4.69, 9.17) is 6.42 Å². The Morgan fingerprint density at radius 1 is 1.80 bits per heavy atom. The molecular weight excluding hydrogens is 142 g/mol. The van der Waals surface area contributed by atoms with Gasteiger partial charge in [-0.3, -0.25) is 0 Å². The van der Waals surface area contributed by atoms with Gasteiger partial charge >= 0.3 is 0 Å². The van der Waals surface area contributed by atoms with Gasteiger partial charge < -0.3 is 0 Å². The standard InChI is InChI=1S/C8H9NS/c1-4-6(2)8-5-9-7(3)10-8/h1,5-6H,2-3H3/t6-/m0/s1. The van der Waals surface area contributed by atoms with Crippen LogP contribution >= 0.6 is 11.3 Å². The number of nitrogens with zero attached hydrogens (tertiary/aromatic N) is 1. The fourth-order valence-corrected chi connectivity index (χ4v) is 1.46. The lowest BCUT2D eigenvalue weighted by Crippen LogP contribution is -1.81. The van der Waals surface area contributed by atoms with Crippen molar-refractivity contribution in [3.8, 4) is 12.3 Å². The summed E-state index contributed by atoms with van der Waals surface area (Å²) in [6.07, 6.45) is 7.09. The second-order valence-corrected chi connectivity index (χ2v) is 3.44. The Morgan fingerprint density at radius 2 is 2.50 bits per heavy atom. The summed E-state index contributed by atoms with van der Waals surface area (Å²) in [4.78, 5) is 5.29. The minimum atomic E-state index is 0.214. The highest BCUT2D eigenvalue weighted by Gasteiger charge is 2.03. The summed E-state index contributed by atoms with van der Waals surface area (Å²) in [5.74, 6) is 2.88. The summed E-state index contributed by atoms with van der Waals surface area (Å²) in [5, 5.41) is 1.08. The summed E-state index contributed by atoms with van der Waals surface area (Å²) >= 11 is 1.67. The Hall–Kier alpha value is -0.810. The van der Waals surface area contributed by atoms with E-state index in [1.807, 2.05) is 20.0 Å². The summed E-state index contributed by atoms with van der Waals surface area (Å²) in [6.45, 7) is 3.99. The van der Waals surface area contributed by atoms with Crippen LogP contribution in [0.2, 0.25) is 0 Å². The highest BCUT2D eigenvalue weighted by Crippen LogP contribution is 2.20. The molecule has 0 saturated carbocycles. The molecule has 1 aromatic heterocycles. The van der Waals surface area contributed by atoms with E-state index < -0.39 is 0 Å². The van der Waals surface area contributed by atoms with Gasteiger partial charge in [0.25, 0.3) is 0 Å². The van der Waals surface area contributed by atoms with E-state index in [2.05, 4.69) is 10.9 Å². The molecule has 0 fully saturated rings. The molecule has 0 bridgehead atoms. The minimum absolute atomic E-state index is 0.214. The number of aromatic nitrogens is 1. The van der Waals surface area contributed by atoms with Crippen LogP contribution in [0.5, 0.6) is 0 Å². The van der Waals surface area contributed by atoms with Crippen molar-refractivity contribution >= 4 is 11.3 Å². The number of thiazole rings is 1. The van der Waals surface area contributed by atoms with E-state index in [1.165, 1.54) is 4.88 Å². The van der Waals surface area contributed by atoms with Crippen LogP contribution in [-0.2, 0) is 0 Å². The molecule has 52 valence electrons. The topological polar surface area (TPSA) is 12.9 Å². The van der Waals surface area contributed by atoms with Crippen LogP contribution < -0.4 is 0 Å². The number of terminal acetylenes is 1. The SMILES string of the molecule is C#C[C@H](C)c1cnc(C)s1. The monoisotopic (exact) mass is 151 g/mol. The van der Waals surface area contributed by atoms with Crippen molar-refractivity contribution in [3.63, 3.8) is 0 Å². The van der Waals surface area contributed by atoms with Crippen LogP contribution in [0.4, 0.5) is 0 Å². The van der Waals surface area contributed by atoms with Gasteiger partial charge in [0.15, 0.2) is 0 Å². The predicted molar refractivity (Wildman–Crippen MR) is 44.1 cm³/mol. The van der Waals surface area contributed by atoms with Crippen molar-refractivity contribution < 1.29 is 0 Å². The van der Waals surface area contributed by atoms with Crippen LogP contribution in [0.15, 0.2) is 6.20 Å². The first kappa shape index (κ1) is 7.30. The van der Waals surface area contributed by atoms with Gasteiger partial charge in [-0.2, -0.15) is 0 Å². The molecule has 1 rings (SSSR count). The number of rotatable bonds is 1. The maximum Gasteiger partial charge on any atom is 0.0897 e. The van der Waals surface area contributed by atoms with Crippen LogP contribution in [0.3, 0.4) is 0 Å². The predicted octanol–water partition coefficient (Wildman–Crippen LogP) is 2.19. The fourth-order valence-electron chi connectivity index (χ4n) is 0.660. The van der Waals surface area contributed by atoms with Crippen molar-refractivity contribution in [3.05, 3.63) is 16.1 Å². The first-order valence-electron chi connectivity index (χ1n) is 3.12. The first-order chi connectivity index (χ1) is 4.74. The van der Waals surface area contributed by atoms with E-state index in [9.17, 15) is 0 Å². The molecule has 0 spiro atoms. The average Bonchev–Trinajstić information content (AvgIpc) is 2.34. The van der Waals surface area contributed by atoms with Crippen molar-refractivity contribution in [2.45, 2.75) is 19.8 Å². The van der Waals surface area contributed by atoms with E-state index in [0.717, 1.165) is 5.01 Å². The van der Waals surface area contributed by atoms with Gasteiger partial charge in [-0.05, 0) is 13.8 Å². The smallest absolute Gasteiger partial charge is 0.0897 e. The van der Waals surface area contributed by atoms with Gasteiger partial charge in [-0.25, -0.2) is 4.98 Å². The Bertz CT molecular complexity index is 256. The molecule has 0 saturated heterocycles. The molecule has 10 heavy (non-hydrogen) atoms. The van der Waals surface area contributed by atoms with Crippen molar-refractivity contribution in [1.29, 1.82) is 0 Å². The molecule has 1 aromatic rings. The summed E-state index contributed by atoms with van der Waals surface area (Å²) in [5.41, 5.74) is 0. The van der Waals surface area contributed by atoms with Gasteiger partial charge in [0, 0.05) is 11.1 Å². The normalized spacial score (nSPS) is 12.5. The molecule has 1 nitrogen and oxygen atoms in total. The highest BCUT2D eigenvalue weighted by atomic mass is 32.1. The zero-order valence-electron chi connectivity index (χ0n) is 6.09. The maximum absolute atomic E-state index is 5.24. The summed E-state index contributed by atoms with van der Waals surface area (Å²) in [6, 6.07) is 0. The van der Waals surface area contributed by atoms with Gasteiger partial charge in [0.1, 0.15) is 0 Å². The van der Waals surface area contributed by atoms with Crippen molar-refractivity contribution in [2.75, 3.05) is 0 Å². The summed E-state index contributed by atoms with van der Waals surface area (Å²) < 4.78 is 0. The molecule has 0 aliphatic carbocycles. The number of hydrogen-bond acceptors (Lipinski definition) is 2. The van der Waals surface area contributed by atoms with Crippen LogP contribution in [-0.4, -0.2) is 4.98 Å². The third-order valence-electron chi connectivity index (χ3n) is 1.32. The molecule has 0 aliphatic heterocycles. The second-order valence-electron chi connectivity index (χ2n) is 2.17. The molecule has 0 amide bonds. The lowest BCUT2D eigenvalue weighted by molar-refractivity contribution is 1.03. The van der Waals surface area contributed by atoms with Crippen LogP contribution in [0.25, 0.3) is 0 Å². The highest BCUT2D eigenvalue weighted by molar-refractivity contribution is 7.11. The zero-order valence-corrected chi connectivity index (χ0v) is 6.90. The fraction of sp³-hybridized carbons (Fsp3) is 0.375. The third-order valence-corrected chi connectivity index (χ3v) is 2.41. The van der Waals surface area contributed by atoms with Crippen molar-refractivity contribution in [2.24, 2.45) is 0 Å². The molecule has 0 aliphatic rings. The van der Waals surface area contributed by atoms with E-state index >= 15 is 0 Å². The zero-order chi connectivity index (χ0) is 7.56. The Labute approximate surface area is 65.1 Å². The largest absolute Gasteiger partial charge is 0.250 e. The molecule has 1 heterocycles. The van der Waals surface area contributed by atoms with Crippen molar-refractivity contribution in [1.82, 2.24) is 4.98 Å². The molecule has 1 atom stereocenters. The van der Waals surface area contributed by atoms with Crippen LogP contribution in [0.1, 0.15) is 22.7 Å². The lowest BCUT2D eigenvalue weighted by atomic mass is 10.2. The molecule has 0 N–H and O–H groups in total.